The summed E-state index contributed by atoms with van der Waals surface area (Å²) in [5.41, 5.74) is 8.98. The summed E-state index contributed by atoms with van der Waals surface area (Å²) in [7, 11) is 0. The van der Waals surface area contributed by atoms with Crippen molar-refractivity contribution in [2.45, 2.75) is 33.2 Å². The maximum Gasteiger partial charge on any atom is 0.253 e. The fourth-order valence-electron chi connectivity index (χ4n) is 4.15. The minimum absolute atomic E-state index is 0.0944. The average Bonchev–Trinajstić information content (AvgIpc) is 3.15. The molecule has 0 aromatic carbocycles. The van der Waals surface area contributed by atoms with Gasteiger partial charge in [-0.2, -0.15) is 20.6 Å². The molecule has 0 radical (unpaired) electrons. The molecule has 10 heteroatoms. The quantitative estimate of drug-likeness (QED) is 0.630. The van der Waals surface area contributed by atoms with Gasteiger partial charge in [-0.05, 0) is 39.0 Å². The van der Waals surface area contributed by atoms with Crippen LogP contribution in [0.25, 0.3) is 17.3 Å². The van der Waals surface area contributed by atoms with Crippen LogP contribution in [0.2, 0.25) is 0 Å². The van der Waals surface area contributed by atoms with Gasteiger partial charge in [0, 0.05) is 44.3 Å². The van der Waals surface area contributed by atoms with Crippen molar-refractivity contribution in [2.75, 3.05) is 36.8 Å². The Morgan fingerprint density at radius 1 is 1.15 bits per heavy atom. The molecule has 0 bridgehead atoms. The fourth-order valence-corrected chi connectivity index (χ4v) is 4.15. The number of hydrogen-bond acceptors (Lipinski definition) is 9. The molecule has 1 aliphatic heterocycles. The highest BCUT2D eigenvalue weighted by atomic mass is 15.4. The first-order valence-corrected chi connectivity index (χ1v) is 10.9. The van der Waals surface area contributed by atoms with Crippen molar-refractivity contribution in [3.63, 3.8) is 0 Å². The molecule has 33 heavy (non-hydrogen) atoms. The van der Waals surface area contributed by atoms with Gasteiger partial charge in [-0.15, -0.1) is 0 Å². The van der Waals surface area contributed by atoms with Gasteiger partial charge >= 0.3 is 0 Å². The molecule has 1 atom stereocenters. The third-order valence-corrected chi connectivity index (χ3v) is 5.81. The predicted molar refractivity (Wildman–Crippen MR) is 124 cm³/mol. The number of piperazine rings is 1. The molecule has 10 nitrogen and oxygen atoms in total. The molecule has 1 fully saturated rings. The molecule has 1 saturated heterocycles. The first-order valence-electron chi connectivity index (χ1n) is 10.9. The molecule has 2 N–H and O–H groups in total. The number of nitrogens with zero attached hydrogens (tertiary/aromatic N) is 9. The lowest BCUT2D eigenvalue weighted by atomic mass is 10.1. The van der Waals surface area contributed by atoms with Crippen molar-refractivity contribution >= 4 is 11.6 Å². The smallest absolute Gasteiger partial charge is 0.253 e. The van der Waals surface area contributed by atoms with Gasteiger partial charge < -0.3 is 10.6 Å². The van der Waals surface area contributed by atoms with E-state index in [0.29, 0.717) is 29.8 Å². The lowest BCUT2D eigenvalue weighted by molar-refractivity contribution is 0.193. The van der Waals surface area contributed by atoms with E-state index >= 15 is 0 Å². The monoisotopic (exact) mass is 442 g/mol. The lowest BCUT2D eigenvalue weighted by Gasteiger charge is -2.40. The van der Waals surface area contributed by atoms with Gasteiger partial charge in [0.1, 0.15) is 29.0 Å². The molecule has 1 unspecified atom stereocenters. The minimum atomic E-state index is 0.0944. The number of nitrogen functional groups attached to an aromatic ring is 1. The van der Waals surface area contributed by atoms with E-state index in [1.807, 2.05) is 38.1 Å². The van der Waals surface area contributed by atoms with E-state index in [4.69, 9.17) is 16.0 Å². The van der Waals surface area contributed by atoms with Gasteiger partial charge in [0.15, 0.2) is 0 Å². The van der Waals surface area contributed by atoms with Gasteiger partial charge in [-0.3, -0.25) is 4.90 Å². The van der Waals surface area contributed by atoms with Crippen LogP contribution in [0.4, 0.5) is 11.6 Å². The Kier molecular flexibility index (Phi) is 6.20. The zero-order valence-corrected chi connectivity index (χ0v) is 19.0. The van der Waals surface area contributed by atoms with Crippen molar-refractivity contribution in [3.05, 3.63) is 41.2 Å². The largest absolute Gasteiger partial charge is 0.382 e. The van der Waals surface area contributed by atoms with Gasteiger partial charge in [0.2, 0.25) is 0 Å². The fraction of sp³-hybridized carbons (Fsp3) is 0.391. The van der Waals surface area contributed by atoms with E-state index in [9.17, 15) is 5.26 Å². The summed E-state index contributed by atoms with van der Waals surface area (Å²) < 4.78 is 1.61. The number of pyridine rings is 1. The van der Waals surface area contributed by atoms with E-state index < -0.39 is 0 Å². The topological polar surface area (TPSA) is 137 Å². The van der Waals surface area contributed by atoms with Crippen LogP contribution >= 0.6 is 0 Å². The molecule has 0 amide bonds. The first-order chi connectivity index (χ1) is 15.9. The number of nitrogens with two attached hydrogens (primary N) is 1. The zero-order valence-electron chi connectivity index (χ0n) is 19.0. The first kappa shape index (κ1) is 22.2. The van der Waals surface area contributed by atoms with Crippen LogP contribution in [0.5, 0.6) is 0 Å². The Balaban J connectivity index is 1.68. The standard InChI is InChI=1S/C23H26N10/c1-15-12-16(2)33(30-15)23-28-21(18(13-25)22(26)29-23)19-6-4-7-20(27-19)32-11-10-31(9-5-8-24)17(3)14-32/h4,6-7,12,17H,5,9-11,14H2,1-3H3,(H2,26,28,29). The van der Waals surface area contributed by atoms with E-state index in [-0.39, 0.29) is 11.4 Å². The van der Waals surface area contributed by atoms with Crippen molar-refractivity contribution in [1.29, 1.82) is 10.5 Å². The van der Waals surface area contributed by atoms with Crippen molar-refractivity contribution in [1.82, 2.24) is 29.6 Å². The molecule has 1 aliphatic rings. The molecule has 0 saturated carbocycles. The van der Waals surface area contributed by atoms with Crippen LogP contribution in [0.15, 0.2) is 24.3 Å². The minimum Gasteiger partial charge on any atom is -0.382 e. The molecule has 4 rings (SSSR count). The summed E-state index contributed by atoms with van der Waals surface area (Å²) in [6.07, 6.45) is 0.529. The van der Waals surface area contributed by atoms with Crippen molar-refractivity contribution < 1.29 is 0 Å². The third-order valence-electron chi connectivity index (χ3n) is 5.81. The van der Waals surface area contributed by atoms with Crippen LogP contribution in [0.1, 0.15) is 30.3 Å². The van der Waals surface area contributed by atoms with Crippen LogP contribution in [-0.4, -0.2) is 61.9 Å². The average molecular weight is 443 g/mol. The van der Waals surface area contributed by atoms with Gasteiger partial charge in [0.25, 0.3) is 5.95 Å². The second kappa shape index (κ2) is 9.23. The summed E-state index contributed by atoms with van der Waals surface area (Å²) in [4.78, 5) is 18.3. The van der Waals surface area contributed by atoms with E-state index in [0.717, 1.165) is 43.4 Å². The Morgan fingerprint density at radius 2 is 1.97 bits per heavy atom. The Morgan fingerprint density at radius 3 is 2.64 bits per heavy atom. The predicted octanol–water partition coefficient (Wildman–Crippen LogP) is 2.22. The van der Waals surface area contributed by atoms with Gasteiger partial charge in [-0.1, -0.05) is 6.07 Å². The summed E-state index contributed by atoms with van der Waals surface area (Å²) in [6, 6.07) is 12.3. The SMILES string of the molecule is Cc1cc(C)n(-c2nc(N)c(C#N)c(-c3cccc(N4CCN(CCC#N)C(C)C4)n3)n2)n1. The number of aromatic nitrogens is 5. The van der Waals surface area contributed by atoms with E-state index in [2.05, 4.69) is 43.9 Å². The van der Waals surface area contributed by atoms with Crippen LogP contribution < -0.4 is 10.6 Å². The molecule has 168 valence electrons. The zero-order chi connectivity index (χ0) is 23.5. The highest BCUT2D eigenvalue weighted by Crippen LogP contribution is 2.27. The number of nitriles is 2. The number of anilines is 2. The summed E-state index contributed by atoms with van der Waals surface area (Å²) in [6.45, 7) is 9.21. The molecule has 0 aliphatic carbocycles. The second-order valence-electron chi connectivity index (χ2n) is 8.20. The number of rotatable bonds is 5. The highest BCUT2D eigenvalue weighted by Gasteiger charge is 2.25. The van der Waals surface area contributed by atoms with Crippen LogP contribution in [0.3, 0.4) is 0 Å². The Bertz CT molecular complexity index is 1250. The molecular formula is C23H26N10. The molecule has 0 spiro atoms. The maximum atomic E-state index is 9.73. The number of hydrogen-bond donors (Lipinski definition) is 1. The summed E-state index contributed by atoms with van der Waals surface area (Å²) in [5.74, 6) is 1.21. The Hall–Kier alpha value is -4.02. The number of aryl methyl sites for hydroxylation is 2. The highest BCUT2D eigenvalue weighted by molar-refractivity contribution is 5.71. The molecular weight excluding hydrogens is 416 g/mol. The maximum absolute atomic E-state index is 9.73. The normalized spacial score (nSPS) is 16.4. The third kappa shape index (κ3) is 4.47. The van der Waals surface area contributed by atoms with Crippen molar-refractivity contribution in [3.8, 4) is 29.5 Å². The summed E-state index contributed by atoms with van der Waals surface area (Å²) >= 11 is 0. The van der Waals surface area contributed by atoms with Crippen molar-refractivity contribution in [2.24, 2.45) is 0 Å². The molecule has 4 heterocycles. The van der Waals surface area contributed by atoms with Crippen LogP contribution in [-0.2, 0) is 0 Å². The van der Waals surface area contributed by atoms with Gasteiger partial charge in [-0.25, -0.2) is 14.6 Å². The second-order valence-corrected chi connectivity index (χ2v) is 8.20. The summed E-state index contributed by atoms with van der Waals surface area (Å²) in [5, 5.41) is 23.1. The molecule has 3 aromatic heterocycles. The van der Waals surface area contributed by atoms with Gasteiger partial charge in [0.05, 0.1) is 17.5 Å². The van der Waals surface area contributed by atoms with Crippen LogP contribution in [0, 0.1) is 36.5 Å². The Labute approximate surface area is 192 Å². The molecule has 3 aromatic rings. The van der Waals surface area contributed by atoms with E-state index in [1.54, 1.807) is 4.68 Å². The lowest BCUT2D eigenvalue weighted by Crippen LogP contribution is -2.52. The van der Waals surface area contributed by atoms with E-state index in [1.165, 1.54) is 0 Å².